The fourth-order valence-electron chi connectivity index (χ4n) is 1.10. The Morgan fingerprint density at radius 1 is 1.30 bits per heavy atom. The third-order valence-electron chi connectivity index (χ3n) is 1.69. The van der Waals surface area contributed by atoms with E-state index in [0.717, 1.165) is 18.2 Å². The van der Waals surface area contributed by atoms with Gasteiger partial charge in [-0.05, 0) is 0 Å². The fourth-order valence-corrected chi connectivity index (χ4v) is 1.10. The van der Waals surface area contributed by atoms with E-state index in [1.54, 1.807) is 0 Å². The maximum absolute atomic E-state index is 4.07. The van der Waals surface area contributed by atoms with Crippen molar-refractivity contribution in [2.45, 2.75) is 32.7 Å². The maximum atomic E-state index is 4.07. The first kappa shape index (κ1) is 5.89. The van der Waals surface area contributed by atoms with E-state index >= 15 is 0 Å². The number of rotatable bonds is 0. The first-order valence-corrected chi connectivity index (χ1v) is 3.51. The van der Waals surface area contributed by atoms with Gasteiger partial charge in [0.05, 0.1) is 6.54 Å². The van der Waals surface area contributed by atoms with Crippen LogP contribution in [0.1, 0.15) is 32.4 Å². The second kappa shape index (κ2) is 1.41. The molecule has 0 fully saturated rings. The van der Waals surface area contributed by atoms with Gasteiger partial charge < -0.3 is 4.57 Å². The summed E-state index contributed by atoms with van der Waals surface area (Å²) in [5.41, 5.74) is 0.155. The van der Waals surface area contributed by atoms with Gasteiger partial charge in [0.25, 0.3) is 0 Å². The summed E-state index contributed by atoms with van der Waals surface area (Å²) in [7, 11) is 0. The van der Waals surface area contributed by atoms with Gasteiger partial charge in [-0.1, -0.05) is 20.8 Å². The number of hydrogen-bond acceptors (Lipinski definition) is 2. The van der Waals surface area contributed by atoms with Crippen LogP contribution in [0.25, 0.3) is 0 Å². The molecule has 2 heterocycles. The first-order valence-electron chi connectivity index (χ1n) is 3.51. The summed E-state index contributed by atoms with van der Waals surface area (Å²) in [6, 6.07) is 0. The lowest BCUT2D eigenvalue weighted by atomic mass is 9.96. The molecule has 1 aromatic heterocycles. The Morgan fingerprint density at radius 2 is 2.00 bits per heavy atom. The van der Waals surface area contributed by atoms with Gasteiger partial charge in [-0.2, -0.15) is 0 Å². The smallest absolute Gasteiger partial charge is 0.153 e. The Morgan fingerprint density at radius 3 is 2.20 bits per heavy atom. The van der Waals surface area contributed by atoms with Gasteiger partial charge in [-0.3, -0.25) is 0 Å². The Kier molecular flexibility index (Phi) is 0.832. The predicted octanol–water partition coefficient (Wildman–Crippen LogP) is 0.937. The Labute approximate surface area is 60.1 Å². The highest BCUT2D eigenvalue weighted by Crippen LogP contribution is 2.27. The van der Waals surface area contributed by atoms with E-state index < -0.39 is 0 Å². The second-order valence-electron chi connectivity index (χ2n) is 3.78. The quantitative estimate of drug-likeness (QED) is 0.541. The molecule has 0 aliphatic carbocycles. The summed E-state index contributed by atoms with van der Waals surface area (Å²) in [6.07, 6.45) is 0. The zero-order valence-corrected chi connectivity index (χ0v) is 6.55. The molecular formula is C7H11N3. The zero-order valence-electron chi connectivity index (χ0n) is 6.55. The molecule has 0 N–H and O–H groups in total. The van der Waals surface area contributed by atoms with Crippen LogP contribution in [-0.2, 0) is 12.0 Å². The molecule has 0 bridgehead atoms. The molecule has 0 atom stereocenters. The van der Waals surface area contributed by atoms with Crippen molar-refractivity contribution in [3.63, 3.8) is 0 Å². The molecule has 1 aromatic rings. The third-order valence-corrected chi connectivity index (χ3v) is 1.69. The molecular weight excluding hydrogens is 126 g/mol. The van der Waals surface area contributed by atoms with Gasteiger partial charge >= 0.3 is 0 Å². The largest absolute Gasteiger partial charge is 0.305 e. The van der Waals surface area contributed by atoms with Crippen LogP contribution < -0.4 is 0 Å². The van der Waals surface area contributed by atoms with Crippen molar-refractivity contribution in [2.24, 2.45) is 0 Å². The van der Waals surface area contributed by atoms with Gasteiger partial charge in [-0.25, -0.2) is 0 Å². The third kappa shape index (κ3) is 0.664. The molecule has 0 saturated heterocycles. The Hall–Kier alpha value is -0.860. The van der Waals surface area contributed by atoms with Crippen molar-refractivity contribution in [1.29, 1.82) is 0 Å². The number of aromatic nitrogens is 3. The number of hydrogen-bond donors (Lipinski definition) is 0. The van der Waals surface area contributed by atoms with Crippen LogP contribution in [0.2, 0.25) is 0 Å². The van der Waals surface area contributed by atoms with E-state index in [2.05, 4.69) is 35.5 Å². The van der Waals surface area contributed by atoms with Crippen molar-refractivity contribution in [2.75, 3.05) is 0 Å². The fraction of sp³-hybridized carbons (Fsp3) is 0.714. The summed E-state index contributed by atoms with van der Waals surface area (Å²) < 4.78 is 2.15. The van der Waals surface area contributed by atoms with E-state index in [1.807, 2.05) is 0 Å². The molecule has 2 rings (SSSR count). The van der Waals surface area contributed by atoms with Gasteiger partial charge in [0.2, 0.25) is 0 Å². The predicted molar refractivity (Wildman–Crippen MR) is 37.8 cm³/mol. The monoisotopic (exact) mass is 137 g/mol. The summed E-state index contributed by atoms with van der Waals surface area (Å²) in [5.74, 6) is 2.24. The molecule has 0 unspecified atom stereocenters. The summed E-state index contributed by atoms with van der Waals surface area (Å²) in [4.78, 5) is 0. The van der Waals surface area contributed by atoms with Crippen LogP contribution in [-0.4, -0.2) is 14.8 Å². The number of nitrogens with zero attached hydrogens (tertiary/aromatic N) is 3. The van der Waals surface area contributed by atoms with Crippen LogP contribution in [0.5, 0.6) is 0 Å². The Bertz CT molecular complexity index is 267. The molecule has 3 nitrogen and oxygen atoms in total. The van der Waals surface area contributed by atoms with E-state index in [0.29, 0.717) is 0 Å². The van der Waals surface area contributed by atoms with Crippen molar-refractivity contribution < 1.29 is 0 Å². The average molecular weight is 137 g/mol. The maximum Gasteiger partial charge on any atom is 0.153 e. The van der Waals surface area contributed by atoms with Gasteiger partial charge in [0.1, 0.15) is 5.82 Å². The molecule has 0 saturated carbocycles. The van der Waals surface area contributed by atoms with Crippen molar-refractivity contribution in [3.05, 3.63) is 11.6 Å². The summed E-state index contributed by atoms with van der Waals surface area (Å²) in [5, 5.41) is 8.06. The standard InChI is InChI=1S/C7H11N3/c1-7(2,3)6-9-8-5-4-10(5)6/h4H2,1-3H3. The molecule has 10 heavy (non-hydrogen) atoms. The summed E-state index contributed by atoms with van der Waals surface area (Å²) in [6.45, 7) is 7.48. The van der Waals surface area contributed by atoms with Crippen molar-refractivity contribution in [1.82, 2.24) is 14.8 Å². The number of fused-ring (bicyclic) bond motifs is 1. The van der Waals surface area contributed by atoms with Gasteiger partial charge in [0, 0.05) is 5.41 Å². The van der Waals surface area contributed by atoms with Crippen LogP contribution in [0.3, 0.4) is 0 Å². The normalized spacial score (nSPS) is 15.1. The van der Waals surface area contributed by atoms with Crippen molar-refractivity contribution >= 4 is 0 Å². The first-order chi connectivity index (χ1) is 4.59. The molecule has 1 aliphatic rings. The SMILES string of the molecule is CC(C)(C)c1nnc2n1C2. The molecule has 0 spiro atoms. The topological polar surface area (TPSA) is 30.7 Å². The van der Waals surface area contributed by atoms with Crippen molar-refractivity contribution in [3.8, 4) is 0 Å². The van der Waals surface area contributed by atoms with E-state index in [1.165, 1.54) is 0 Å². The highest BCUT2D eigenvalue weighted by atomic mass is 15.4. The van der Waals surface area contributed by atoms with E-state index in [-0.39, 0.29) is 5.41 Å². The molecule has 0 radical (unpaired) electrons. The van der Waals surface area contributed by atoms with Crippen LogP contribution in [0.4, 0.5) is 0 Å². The molecule has 0 amide bonds. The highest BCUT2D eigenvalue weighted by Gasteiger charge is 2.30. The molecule has 54 valence electrons. The molecule has 3 heteroatoms. The minimum atomic E-state index is 0.155. The van der Waals surface area contributed by atoms with Gasteiger partial charge in [-0.15, -0.1) is 10.2 Å². The zero-order chi connectivity index (χ0) is 7.35. The van der Waals surface area contributed by atoms with Crippen LogP contribution in [0, 0.1) is 0 Å². The lowest BCUT2D eigenvalue weighted by molar-refractivity contribution is 0.529. The minimum Gasteiger partial charge on any atom is -0.305 e. The molecule has 1 aliphatic heterocycles. The van der Waals surface area contributed by atoms with Gasteiger partial charge in [0.15, 0.2) is 5.82 Å². The van der Waals surface area contributed by atoms with E-state index in [9.17, 15) is 0 Å². The Balaban J connectivity index is 2.45. The van der Waals surface area contributed by atoms with E-state index in [4.69, 9.17) is 0 Å². The van der Waals surface area contributed by atoms with Crippen LogP contribution >= 0.6 is 0 Å². The summed E-state index contributed by atoms with van der Waals surface area (Å²) >= 11 is 0. The lowest BCUT2D eigenvalue weighted by Crippen LogP contribution is -2.15. The average Bonchev–Trinajstić information content (AvgIpc) is 2.40. The molecule has 0 aromatic carbocycles. The lowest BCUT2D eigenvalue weighted by Gasteiger charge is -2.14. The minimum absolute atomic E-state index is 0.155. The highest BCUT2D eigenvalue weighted by molar-refractivity contribution is 5.15. The second-order valence-corrected chi connectivity index (χ2v) is 3.78. The van der Waals surface area contributed by atoms with Crippen LogP contribution in [0.15, 0.2) is 0 Å².